The fourth-order valence-corrected chi connectivity index (χ4v) is 4.04. The average Bonchev–Trinajstić information content (AvgIpc) is 3.38. The van der Waals surface area contributed by atoms with Crippen LogP contribution in [0.25, 0.3) is 10.9 Å². The molecule has 2 N–H and O–H groups in total. The van der Waals surface area contributed by atoms with Crippen molar-refractivity contribution in [3.8, 4) is 0 Å². The lowest BCUT2D eigenvalue weighted by Gasteiger charge is -2.20. The largest absolute Gasteiger partial charge is 0.416 e. The number of aromatic nitrogens is 3. The molecule has 0 spiro atoms. The fraction of sp³-hybridized carbons (Fsp3) is 0.435. The van der Waals surface area contributed by atoms with Crippen molar-refractivity contribution in [2.45, 2.75) is 32.0 Å². The topological polar surface area (TPSA) is 118 Å². The third-order valence-corrected chi connectivity index (χ3v) is 5.92. The van der Waals surface area contributed by atoms with Crippen molar-refractivity contribution in [3.05, 3.63) is 51.7 Å². The van der Waals surface area contributed by atoms with Crippen molar-refractivity contribution in [2.24, 2.45) is 0 Å². The van der Waals surface area contributed by atoms with Crippen LogP contribution >= 0.6 is 0 Å². The Balaban J connectivity index is 1.74. The first-order valence-corrected chi connectivity index (χ1v) is 11.4. The molecular formula is C23H26F3N7O3. The second kappa shape index (κ2) is 10.5. The van der Waals surface area contributed by atoms with Crippen molar-refractivity contribution in [2.75, 3.05) is 48.9 Å². The number of halogens is 3. The van der Waals surface area contributed by atoms with Crippen molar-refractivity contribution in [1.82, 2.24) is 15.0 Å². The number of fused-ring (bicyclic) bond motifs is 1. The summed E-state index contributed by atoms with van der Waals surface area (Å²) in [5.74, 6) is 1.42. The Morgan fingerprint density at radius 1 is 1.19 bits per heavy atom. The van der Waals surface area contributed by atoms with E-state index >= 15 is 0 Å². The standard InChI is InChI=1S/C23H26F3N7O3/c1-14(15-9-16(23(24,25)26)11-17(10-15)33(34)35)29-21-18-12-20(32-6-3-4-7-32)28-13-19(18)30-22(31-21)27-5-8-36-2/h9-14H,3-8H2,1-2H3,(H2,27,29,30,31)/t14-/m1/s1. The van der Waals surface area contributed by atoms with E-state index in [4.69, 9.17) is 4.74 Å². The molecule has 3 heterocycles. The number of rotatable bonds is 9. The molecule has 36 heavy (non-hydrogen) atoms. The number of methoxy groups -OCH3 is 1. The molecule has 1 aromatic carbocycles. The first kappa shape index (κ1) is 25.4. The Bertz CT molecular complexity index is 1250. The van der Waals surface area contributed by atoms with Gasteiger partial charge in [-0.05, 0) is 37.5 Å². The van der Waals surface area contributed by atoms with Crippen molar-refractivity contribution in [1.29, 1.82) is 0 Å². The number of hydrogen-bond acceptors (Lipinski definition) is 9. The highest BCUT2D eigenvalue weighted by Gasteiger charge is 2.33. The summed E-state index contributed by atoms with van der Waals surface area (Å²) in [6.07, 6.45) is -0.960. The molecule has 10 nitrogen and oxygen atoms in total. The van der Waals surface area contributed by atoms with E-state index in [0.29, 0.717) is 41.9 Å². The van der Waals surface area contributed by atoms with E-state index in [1.165, 1.54) is 0 Å². The van der Waals surface area contributed by atoms with Crippen LogP contribution in [-0.4, -0.2) is 53.2 Å². The molecular weight excluding hydrogens is 479 g/mol. The second-order valence-electron chi connectivity index (χ2n) is 8.50. The van der Waals surface area contributed by atoms with E-state index in [1.807, 2.05) is 6.07 Å². The van der Waals surface area contributed by atoms with Gasteiger partial charge in [-0.2, -0.15) is 18.2 Å². The van der Waals surface area contributed by atoms with Crippen LogP contribution in [-0.2, 0) is 10.9 Å². The van der Waals surface area contributed by atoms with Gasteiger partial charge in [0.1, 0.15) is 11.6 Å². The SMILES string of the molecule is COCCNc1nc(N[C@H](C)c2cc([N+](=O)[O-])cc(C(F)(F)F)c2)c2cc(N3CCCC3)ncc2n1. The number of nitrogens with one attached hydrogen (secondary N) is 2. The maximum atomic E-state index is 13.4. The van der Waals surface area contributed by atoms with Crippen molar-refractivity contribution < 1.29 is 22.8 Å². The van der Waals surface area contributed by atoms with Crippen LogP contribution in [0.2, 0.25) is 0 Å². The monoisotopic (exact) mass is 505 g/mol. The molecule has 0 amide bonds. The molecule has 4 rings (SSSR count). The first-order valence-electron chi connectivity index (χ1n) is 11.4. The third-order valence-electron chi connectivity index (χ3n) is 5.92. The number of non-ortho nitro benzene ring substituents is 1. The van der Waals surface area contributed by atoms with E-state index in [9.17, 15) is 23.3 Å². The van der Waals surface area contributed by atoms with Crippen LogP contribution in [0.15, 0.2) is 30.5 Å². The summed E-state index contributed by atoms with van der Waals surface area (Å²) in [4.78, 5) is 26.2. The van der Waals surface area contributed by atoms with Gasteiger partial charge in [-0.15, -0.1) is 0 Å². The Kier molecular flexibility index (Phi) is 7.38. The number of hydrogen-bond donors (Lipinski definition) is 2. The zero-order valence-electron chi connectivity index (χ0n) is 19.8. The molecule has 1 saturated heterocycles. The number of nitro groups is 1. The lowest BCUT2D eigenvalue weighted by atomic mass is 10.0. The Hall–Kier alpha value is -3.74. The van der Waals surface area contributed by atoms with E-state index < -0.39 is 28.4 Å². The maximum Gasteiger partial charge on any atom is 0.416 e. The molecule has 1 atom stereocenters. The van der Waals surface area contributed by atoms with E-state index in [2.05, 4.69) is 30.5 Å². The third kappa shape index (κ3) is 5.73. The highest BCUT2D eigenvalue weighted by molar-refractivity contribution is 5.91. The van der Waals surface area contributed by atoms with Gasteiger partial charge in [-0.1, -0.05) is 0 Å². The number of nitrogens with zero attached hydrogens (tertiary/aromatic N) is 5. The predicted octanol–water partition coefficient (Wildman–Crippen LogP) is 4.78. The van der Waals surface area contributed by atoms with E-state index in [1.54, 1.807) is 20.2 Å². The molecule has 3 aromatic rings. The summed E-state index contributed by atoms with van der Waals surface area (Å²) >= 11 is 0. The summed E-state index contributed by atoms with van der Waals surface area (Å²) < 4.78 is 45.3. The van der Waals surface area contributed by atoms with Crippen molar-refractivity contribution in [3.63, 3.8) is 0 Å². The van der Waals surface area contributed by atoms with Crippen LogP contribution in [0.4, 0.5) is 36.4 Å². The molecule has 1 aliphatic rings. The van der Waals surface area contributed by atoms with E-state index in [0.717, 1.165) is 43.9 Å². The summed E-state index contributed by atoms with van der Waals surface area (Å²) in [6.45, 7) is 4.23. The number of benzene rings is 1. The molecule has 2 aromatic heterocycles. The maximum absolute atomic E-state index is 13.4. The summed E-state index contributed by atoms with van der Waals surface area (Å²) in [7, 11) is 1.57. The van der Waals surface area contributed by atoms with Gasteiger partial charge in [-0.3, -0.25) is 10.1 Å². The van der Waals surface area contributed by atoms with Gasteiger partial charge in [0.2, 0.25) is 5.95 Å². The molecule has 192 valence electrons. The number of alkyl halides is 3. The molecule has 0 unspecified atom stereocenters. The normalized spacial score (nSPS) is 14.8. The Morgan fingerprint density at radius 2 is 1.94 bits per heavy atom. The molecule has 0 aliphatic carbocycles. The lowest BCUT2D eigenvalue weighted by molar-refractivity contribution is -0.385. The molecule has 0 bridgehead atoms. The van der Waals surface area contributed by atoms with Crippen LogP contribution in [0, 0.1) is 10.1 Å². The molecule has 13 heteroatoms. The average molecular weight is 506 g/mol. The van der Waals surface area contributed by atoms with Gasteiger partial charge in [-0.25, -0.2) is 9.97 Å². The summed E-state index contributed by atoms with van der Waals surface area (Å²) in [5.41, 5.74) is -1.08. The molecule has 1 fully saturated rings. The zero-order chi connectivity index (χ0) is 25.9. The van der Waals surface area contributed by atoms with Gasteiger partial charge >= 0.3 is 6.18 Å². The lowest BCUT2D eigenvalue weighted by Crippen LogP contribution is -2.19. The van der Waals surface area contributed by atoms with Gasteiger partial charge < -0.3 is 20.3 Å². The summed E-state index contributed by atoms with van der Waals surface area (Å²) in [5, 5.41) is 18.1. The molecule has 0 saturated carbocycles. The number of ether oxygens (including phenoxy) is 1. The first-order chi connectivity index (χ1) is 17.2. The van der Waals surface area contributed by atoms with Gasteiger partial charge in [0, 0.05) is 44.3 Å². The summed E-state index contributed by atoms with van der Waals surface area (Å²) in [6, 6.07) is 3.68. The fourth-order valence-electron chi connectivity index (χ4n) is 4.04. The van der Waals surface area contributed by atoms with Crippen LogP contribution < -0.4 is 15.5 Å². The quantitative estimate of drug-likeness (QED) is 0.240. The predicted molar refractivity (Wildman–Crippen MR) is 129 cm³/mol. The van der Waals surface area contributed by atoms with Crippen LogP contribution in [0.3, 0.4) is 0 Å². The minimum Gasteiger partial charge on any atom is -0.383 e. The Morgan fingerprint density at radius 3 is 2.61 bits per heavy atom. The smallest absolute Gasteiger partial charge is 0.383 e. The van der Waals surface area contributed by atoms with Gasteiger partial charge in [0.05, 0.1) is 34.8 Å². The van der Waals surface area contributed by atoms with Crippen LogP contribution in [0.5, 0.6) is 0 Å². The second-order valence-corrected chi connectivity index (χ2v) is 8.50. The van der Waals surface area contributed by atoms with Gasteiger partial charge in [0.25, 0.3) is 5.69 Å². The number of anilines is 3. The highest BCUT2D eigenvalue weighted by atomic mass is 19.4. The number of pyridine rings is 1. The van der Waals surface area contributed by atoms with E-state index in [-0.39, 0.29) is 5.56 Å². The highest BCUT2D eigenvalue weighted by Crippen LogP contribution is 2.35. The van der Waals surface area contributed by atoms with Crippen LogP contribution in [0.1, 0.15) is 36.9 Å². The minimum atomic E-state index is -4.73. The van der Waals surface area contributed by atoms with Crippen molar-refractivity contribution >= 4 is 34.2 Å². The number of nitro benzene ring substituents is 1. The minimum absolute atomic E-state index is 0.103. The molecule has 0 radical (unpaired) electrons. The molecule has 1 aliphatic heterocycles. The zero-order valence-corrected chi connectivity index (χ0v) is 19.8. The Labute approximate surface area is 205 Å². The van der Waals surface area contributed by atoms with Gasteiger partial charge in [0.15, 0.2) is 0 Å².